The molecular weight excluding hydrogens is 176 g/mol. The molecule has 0 spiro atoms. The van der Waals surface area contributed by atoms with Gasteiger partial charge in [0.2, 0.25) is 0 Å². The zero-order valence-electron chi connectivity index (χ0n) is 8.67. The molecule has 3 heteroatoms. The first kappa shape index (κ1) is 9.13. The van der Waals surface area contributed by atoms with Gasteiger partial charge in [-0.3, -0.25) is 0 Å². The highest BCUT2D eigenvalue weighted by atomic mass is 16.5. The number of fused-ring (bicyclic) bond motifs is 1. The predicted molar refractivity (Wildman–Crippen MR) is 55.2 cm³/mol. The summed E-state index contributed by atoms with van der Waals surface area (Å²) in [5.74, 6) is 2.68. The van der Waals surface area contributed by atoms with E-state index in [9.17, 15) is 0 Å². The molecule has 2 N–H and O–H groups in total. The molecular formula is C11H20N2O. The Labute approximate surface area is 85.6 Å². The van der Waals surface area contributed by atoms with Gasteiger partial charge in [0.15, 0.2) is 0 Å². The van der Waals surface area contributed by atoms with Crippen LogP contribution in [0.5, 0.6) is 0 Å². The summed E-state index contributed by atoms with van der Waals surface area (Å²) in [7, 11) is 0. The molecule has 3 fully saturated rings. The minimum atomic E-state index is 0.777. The number of hydrogen-bond donors (Lipinski definition) is 2. The number of ether oxygens (including phenoxy) is 1. The first-order valence-corrected chi connectivity index (χ1v) is 5.97. The quantitative estimate of drug-likeness (QED) is 0.629. The SMILES string of the molecule is C1CC(C2NCC3CNCC32)CCO1. The van der Waals surface area contributed by atoms with Crippen LogP contribution in [0.2, 0.25) is 0 Å². The van der Waals surface area contributed by atoms with Crippen LogP contribution >= 0.6 is 0 Å². The van der Waals surface area contributed by atoms with Crippen LogP contribution in [0.15, 0.2) is 0 Å². The van der Waals surface area contributed by atoms with Crippen LogP contribution in [-0.4, -0.2) is 38.9 Å². The Morgan fingerprint density at radius 2 is 1.79 bits per heavy atom. The lowest BCUT2D eigenvalue weighted by atomic mass is 9.82. The van der Waals surface area contributed by atoms with Gasteiger partial charge in [0, 0.05) is 19.3 Å². The van der Waals surface area contributed by atoms with E-state index in [0.717, 1.165) is 37.0 Å². The third-order valence-electron chi connectivity index (χ3n) is 4.24. The van der Waals surface area contributed by atoms with Crippen LogP contribution in [0.25, 0.3) is 0 Å². The summed E-state index contributed by atoms with van der Waals surface area (Å²) in [6.45, 7) is 5.66. The molecule has 0 aliphatic carbocycles. The summed E-state index contributed by atoms with van der Waals surface area (Å²) in [5, 5.41) is 7.25. The lowest BCUT2D eigenvalue weighted by Crippen LogP contribution is -2.40. The van der Waals surface area contributed by atoms with Crippen molar-refractivity contribution < 1.29 is 4.74 Å². The van der Waals surface area contributed by atoms with Gasteiger partial charge in [-0.25, -0.2) is 0 Å². The summed E-state index contributed by atoms with van der Waals surface area (Å²) in [5.41, 5.74) is 0. The van der Waals surface area contributed by atoms with E-state index in [0.29, 0.717) is 0 Å². The van der Waals surface area contributed by atoms with Gasteiger partial charge >= 0.3 is 0 Å². The Hall–Kier alpha value is -0.120. The molecule has 3 rings (SSSR count). The monoisotopic (exact) mass is 196 g/mol. The number of nitrogens with one attached hydrogen (secondary N) is 2. The second-order valence-corrected chi connectivity index (χ2v) is 4.97. The normalized spacial score (nSPS) is 44.1. The Kier molecular flexibility index (Phi) is 2.48. The Morgan fingerprint density at radius 3 is 2.64 bits per heavy atom. The minimum Gasteiger partial charge on any atom is -0.381 e. The average Bonchev–Trinajstić information content (AvgIpc) is 2.79. The highest BCUT2D eigenvalue weighted by molar-refractivity contribution is 4.99. The molecule has 3 aliphatic rings. The molecule has 0 aromatic carbocycles. The smallest absolute Gasteiger partial charge is 0.0469 e. The van der Waals surface area contributed by atoms with E-state index in [2.05, 4.69) is 10.6 Å². The second-order valence-electron chi connectivity index (χ2n) is 4.97. The molecule has 80 valence electrons. The summed E-state index contributed by atoms with van der Waals surface area (Å²) in [6, 6.07) is 0.777. The van der Waals surface area contributed by atoms with Gasteiger partial charge in [0.05, 0.1) is 0 Å². The van der Waals surface area contributed by atoms with Gasteiger partial charge in [0.1, 0.15) is 0 Å². The van der Waals surface area contributed by atoms with E-state index >= 15 is 0 Å². The molecule has 0 aromatic rings. The van der Waals surface area contributed by atoms with Crippen LogP contribution in [0.4, 0.5) is 0 Å². The standard InChI is InChI=1S/C11H20N2O/c1-3-14-4-2-8(1)11-10-7-12-5-9(10)6-13-11/h8-13H,1-7H2. The van der Waals surface area contributed by atoms with Gasteiger partial charge in [-0.15, -0.1) is 0 Å². The third kappa shape index (κ3) is 1.47. The van der Waals surface area contributed by atoms with Crippen molar-refractivity contribution in [1.82, 2.24) is 10.6 Å². The summed E-state index contributed by atoms with van der Waals surface area (Å²) < 4.78 is 5.43. The second kappa shape index (κ2) is 3.80. The molecule has 0 radical (unpaired) electrons. The van der Waals surface area contributed by atoms with Crippen LogP contribution in [0.3, 0.4) is 0 Å². The molecule has 0 amide bonds. The van der Waals surface area contributed by atoms with Crippen molar-refractivity contribution in [3.05, 3.63) is 0 Å². The fourth-order valence-electron chi connectivity index (χ4n) is 3.43. The Bertz CT molecular complexity index is 203. The van der Waals surface area contributed by atoms with Crippen LogP contribution in [-0.2, 0) is 4.74 Å². The fourth-order valence-corrected chi connectivity index (χ4v) is 3.43. The minimum absolute atomic E-state index is 0.777. The summed E-state index contributed by atoms with van der Waals surface area (Å²) in [6.07, 6.45) is 2.53. The van der Waals surface area contributed by atoms with E-state index in [1.165, 1.54) is 32.5 Å². The first-order chi connectivity index (χ1) is 6.95. The molecule has 3 aliphatic heterocycles. The Balaban J connectivity index is 1.66. The molecule has 0 saturated carbocycles. The van der Waals surface area contributed by atoms with Gasteiger partial charge < -0.3 is 15.4 Å². The Morgan fingerprint density at radius 1 is 0.929 bits per heavy atom. The van der Waals surface area contributed by atoms with E-state index in [1.807, 2.05) is 0 Å². The maximum absolute atomic E-state index is 5.43. The predicted octanol–water partition coefficient (Wildman–Crippen LogP) is 0.220. The molecule has 3 nitrogen and oxygen atoms in total. The summed E-state index contributed by atoms with van der Waals surface area (Å²) >= 11 is 0. The lowest BCUT2D eigenvalue weighted by Gasteiger charge is -2.31. The van der Waals surface area contributed by atoms with Gasteiger partial charge in [-0.05, 0) is 50.2 Å². The average molecular weight is 196 g/mol. The summed E-state index contributed by atoms with van der Waals surface area (Å²) in [4.78, 5) is 0. The largest absolute Gasteiger partial charge is 0.381 e. The van der Waals surface area contributed by atoms with Crippen LogP contribution in [0.1, 0.15) is 12.8 Å². The lowest BCUT2D eigenvalue weighted by molar-refractivity contribution is 0.0505. The van der Waals surface area contributed by atoms with Gasteiger partial charge in [-0.1, -0.05) is 0 Å². The van der Waals surface area contributed by atoms with Crippen molar-refractivity contribution in [1.29, 1.82) is 0 Å². The van der Waals surface area contributed by atoms with Crippen LogP contribution in [0, 0.1) is 17.8 Å². The molecule has 3 heterocycles. The zero-order valence-corrected chi connectivity index (χ0v) is 8.67. The van der Waals surface area contributed by atoms with E-state index < -0.39 is 0 Å². The molecule has 0 bridgehead atoms. The molecule has 3 atom stereocenters. The van der Waals surface area contributed by atoms with Crippen molar-refractivity contribution in [3.63, 3.8) is 0 Å². The molecule has 14 heavy (non-hydrogen) atoms. The molecule has 0 aromatic heterocycles. The topological polar surface area (TPSA) is 33.3 Å². The van der Waals surface area contributed by atoms with Gasteiger partial charge in [0.25, 0.3) is 0 Å². The zero-order chi connectivity index (χ0) is 9.38. The van der Waals surface area contributed by atoms with Crippen molar-refractivity contribution in [2.24, 2.45) is 17.8 Å². The molecule has 3 unspecified atom stereocenters. The van der Waals surface area contributed by atoms with E-state index in [1.54, 1.807) is 0 Å². The number of hydrogen-bond acceptors (Lipinski definition) is 3. The maximum atomic E-state index is 5.43. The van der Waals surface area contributed by atoms with Crippen molar-refractivity contribution in [3.8, 4) is 0 Å². The first-order valence-electron chi connectivity index (χ1n) is 5.97. The molecule has 3 saturated heterocycles. The third-order valence-corrected chi connectivity index (χ3v) is 4.24. The fraction of sp³-hybridized carbons (Fsp3) is 1.00. The highest BCUT2D eigenvalue weighted by Gasteiger charge is 2.42. The van der Waals surface area contributed by atoms with Crippen molar-refractivity contribution in [2.75, 3.05) is 32.8 Å². The van der Waals surface area contributed by atoms with Crippen molar-refractivity contribution in [2.45, 2.75) is 18.9 Å². The highest BCUT2D eigenvalue weighted by Crippen LogP contribution is 2.33. The van der Waals surface area contributed by atoms with E-state index in [-0.39, 0.29) is 0 Å². The van der Waals surface area contributed by atoms with Crippen molar-refractivity contribution >= 4 is 0 Å². The van der Waals surface area contributed by atoms with E-state index in [4.69, 9.17) is 4.74 Å². The van der Waals surface area contributed by atoms with Gasteiger partial charge in [-0.2, -0.15) is 0 Å². The van der Waals surface area contributed by atoms with Crippen LogP contribution < -0.4 is 10.6 Å². The maximum Gasteiger partial charge on any atom is 0.0469 e. The number of rotatable bonds is 1.